The van der Waals surface area contributed by atoms with Crippen LogP contribution in [0.3, 0.4) is 0 Å². The summed E-state index contributed by atoms with van der Waals surface area (Å²) in [6, 6.07) is 10.7. The molecule has 17 heavy (non-hydrogen) atoms. The average Bonchev–Trinajstić information content (AvgIpc) is 2.90. The first-order valence-electron chi connectivity index (χ1n) is 6.03. The Labute approximate surface area is 101 Å². The number of hydrogen-bond acceptors (Lipinski definition) is 3. The molecule has 0 spiro atoms. The van der Waals surface area contributed by atoms with Crippen molar-refractivity contribution in [3.63, 3.8) is 0 Å². The molecule has 0 bridgehead atoms. The van der Waals surface area contributed by atoms with Gasteiger partial charge in [0.2, 0.25) is 0 Å². The highest BCUT2D eigenvalue weighted by atomic mass is 15.2. The zero-order chi connectivity index (χ0) is 11.5. The summed E-state index contributed by atoms with van der Waals surface area (Å²) in [5, 5.41) is 0. The van der Waals surface area contributed by atoms with Crippen LogP contribution in [0, 0.1) is 0 Å². The van der Waals surface area contributed by atoms with E-state index >= 15 is 0 Å². The molecular weight excluding hydrogens is 210 g/mol. The fourth-order valence-electron chi connectivity index (χ4n) is 2.49. The van der Waals surface area contributed by atoms with Gasteiger partial charge in [-0.05, 0) is 37.1 Å². The molecule has 1 fully saturated rings. The summed E-state index contributed by atoms with van der Waals surface area (Å²) in [4.78, 5) is 11.0. The Morgan fingerprint density at radius 2 is 1.94 bits per heavy atom. The molecule has 1 aliphatic rings. The highest BCUT2D eigenvalue weighted by Gasteiger charge is 2.26. The van der Waals surface area contributed by atoms with Crippen molar-refractivity contribution >= 4 is 5.69 Å². The number of nitrogens with zero attached hydrogens (tertiary/aromatic N) is 3. The predicted molar refractivity (Wildman–Crippen MR) is 67.8 cm³/mol. The summed E-state index contributed by atoms with van der Waals surface area (Å²) >= 11 is 0. The molecule has 3 heterocycles. The van der Waals surface area contributed by atoms with Crippen molar-refractivity contribution in [1.29, 1.82) is 0 Å². The molecule has 3 nitrogen and oxygen atoms in total. The summed E-state index contributed by atoms with van der Waals surface area (Å²) in [6.45, 7) is 1.10. The first-order valence-corrected chi connectivity index (χ1v) is 6.03. The first-order chi connectivity index (χ1) is 8.45. The molecule has 1 atom stereocenters. The normalized spacial score (nSPS) is 19.5. The first kappa shape index (κ1) is 10.3. The third-order valence-corrected chi connectivity index (χ3v) is 3.28. The number of aromatic nitrogens is 2. The van der Waals surface area contributed by atoms with E-state index in [4.69, 9.17) is 0 Å². The lowest BCUT2D eigenvalue weighted by Crippen LogP contribution is -2.23. The van der Waals surface area contributed by atoms with Gasteiger partial charge in [0.05, 0.1) is 11.7 Å². The molecule has 0 saturated carbocycles. The van der Waals surface area contributed by atoms with Crippen LogP contribution >= 0.6 is 0 Å². The van der Waals surface area contributed by atoms with Gasteiger partial charge in [-0.15, -0.1) is 0 Å². The van der Waals surface area contributed by atoms with Gasteiger partial charge in [-0.2, -0.15) is 0 Å². The van der Waals surface area contributed by atoms with Crippen LogP contribution in [-0.4, -0.2) is 16.5 Å². The van der Waals surface area contributed by atoms with E-state index in [1.807, 2.05) is 24.7 Å². The third-order valence-electron chi connectivity index (χ3n) is 3.28. The minimum Gasteiger partial charge on any atom is -0.363 e. The van der Waals surface area contributed by atoms with E-state index < -0.39 is 0 Å². The SMILES string of the molecule is c1ccc([C@@H]2CCCN2c2ccncc2)nc1. The second kappa shape index (κ2) is 4.53. The molecule has 1 aliphatic heterocycles. The second-order valence-electron chi connectivity index (χ2n) is 4.31. The number of anilines is 1. The average molecular weight is 225 g/mol. The Bertz CT molecular complexity index is 424. The van der Waals surface area contributed by atoms with Gasteiger partial charge in [0, 0.05) is 30.8 Å². The van der Waals surface area contributed by atoms with Gasteiger partial charge in [0.1, 0.15) is 0 Å². The van der Waals surface area contributed by atoms with Crippen molar-refractivity contribution in [2.75, 3.05) is 11.4 Å². The smallest absolute Gasteiger partial charge is 0.0714 e. The number of hydrogen-bond donors (Lipinski definition) is 0. The van der Waals surface area contributed by atoms with E-state index in [1.165, 1.54) is 24.2 Å². The van der Waals surface area contributed by atoms with Crippen molar-refractivity contribution in [1.82, 2.24) is 9.97 Å². The molecule has 2 aromatic rings. The Morgan fingerprint density at radius 1 is 1.06 bits per heavy atom. The molecule has 0 aromatic carbocycles. The lowest BCUT2D eigenvalue weighted by molar-refractivity contribution is 0.694. The van der Waals surface area contributed by atoms with Gasteiger partial charge in [0.15, 0.2) is 0 Å². The van der Waals surface area contributed by atoms with E-state index in [2.05, 4.69) is 39.1 Å². The second-order valence-corrected chi connectivity index (χ2v) is 4.31. The molecule has 0 unspecified atom stereocenters. The molecule has 0 radical (unpaired) electrons. The Kier molecular flexibility index (Phi) is 2.74. The fourth-order valence-corrected chi connectivity index (χ4v) is 2.49. The van der Waals surface area contributed by atoms with Gasteiger partial charge in [-0.25, -0.2) is 0 Å². The third kappa shape index (κ3) is 2.00. The molecule has 0 N–H and O–H groups in total. The maximum atomic E-state index is 4.48. The maximum absolute atomic E-state index is 4.48. The van der Waals surface area contributed by atoms with Crippen molar-refractivity contribution in [2.45, 2.75) is 18.9 Å². The van der Waals surface area contributed by atoms with E-state index in [-0.39, 0.29) is 0 Å². The minimum absolute atomic E-state index is 0.415. The van der Waals surface area contributed by atoms with Gasteiger partial charge in [0.25, 0.3) is 0 Å². The monoisotopic (exact) mass is 225 g/mol. The van der Waals surface area contributed by atoms with Crippen molar-refractivity contribution in [3.05, 3.63) is 54.6 Å². The minimum atomic E-state index is 0.415. The molecule has 1 saturated heterocycles. The quantitative estimate of drug-likeness (QED) is 0.787. The predicted octanol–water partition coefficient (Wildman–Crippen LogP) is 2.82. The van der Waals surface area contributed by atoms with E-state index in [9.17, 15) is 0 Å². The highest BCUT2D eigenvalue weighted by Crippen LogP contribution is 2.34. The van der Waals surface area contributed by atoms with E-state index in [0.29, 0.717) is 6.04 Å². The lowest BCUT2D eigenvalue weighted by Gasteiger charge is -2.26. The van der Waals surface area contributed by atoms with Crippen LogP contribution in [0.1, 0.15) is 24.6 Å². The topological polar surface area (TPSA) is 29.0 Å². The Morgan fingerprint density at radius 3 is 2.71 bits per heavy atom. The standard InChI is InChI=1S/C14H15N3/c1-2-8-16-13(4-1)14-5-3-11-17(14)12-6-9-15-10-7-12/h1-2,4,6-10,14H,3,5,11H2/t14-/m0/s1. The highest BCUT2D eigenvalue weighted by molar-refractivity contribution is 5.48. The van der Waals surface area contributed by atoms with Gasteiger partial charge < -0.3 is 4.90 Å². The van der Waals surface area contributed by atoms with Gasteiger partial charge in [-0.3, -0.25) is 9.97 Å². The molecule has 0 aliphatic carbocycles. The summed E-state index contributed by atoms with van der Waals surface area (Å²) in [5.74, 6) is 0. The number of pyridine rings is 2. The lowest BCUT2D eigenvalue weighted by atomic mass is 10.1. The number of rotatable bonds is 2. The van der Waals surface area contributed by atoms with Crippen LogP contribution in [0.5, 0.6) is 0 Å². The summed E-state index contributed by atoms with van der Waals surface area (Å²) in [5.41, 5.74) is 2.41. The Balaban J connectivity index is 1.91. The molecular formula is C14H15N3. The summed E-state index contributed by atoms with van der Waals surface area (Å²) in [6.07, 6.45) is 7.98. The summed E-state index contributed by atoms with van der Waals surface area (Å²) < 4.78 is 0. The van der Waals surface area contributed by atoms with E-state index in [1.54, 1.807) is 0 Å². The zero-order valence-corrected chi connectivity index (χ0v) is 9.66. The van der Waals surface area contributed by atoms with Gasteiger partial charge in [-0.1, -0.05) is 6.07 Å². The van der Waals surface area contributed by atoms with Crippen molar-refractivity contribution in [3.8, 4) is 0 Å². The van der Waals surface area contributed by atoms with Crippen LogP contribution in [-0.2, 0) is 0 Å². The van der Waals surface area contributed by atoms with Crippen molar-refractivity contribution < 1.29 is 0 Å². The molecule has 86 valence electrons. The van der Waals surface area contributed by atoms with E-state index in [0.717, 1.165) is 6.54 Å². The molecule has 0 amide bonds. The maximum Gasteiger partial charge on any atom is 0.0714 e. The molecule has 2 aromatic heterocycles. The van der Waals surface area contributed by atoms with Crippen LogP contribution < -0.4 is 4.90 Å². The fraction of sp³-hybridized carbons (Fsp3) is 0.286. The molecule has 3 heteroatoms. The molecule has 3 rings (SSSR count). The van der Waals surface area contributed by atoms with Crippen LogP contribution in [0.2, 0.25) is 0 Å². The van der Waals surface area contributed by atoms with Crippen LogP contribution in [0.4, 0.5) is 5.69 Å². The summed E-state index contributed by atoms with van der Waals surface area (Å²) in [7, 11) is 0. The van der Waals surface area contributed by atoms with Gasteiger partial charge >= 0.3 is 0 Å². The van der Waals surface area contributed by atoms with Crippen LogP contribution in [0.15, 0.2) is 48.9 Å². The van der Waals surface area contributed by atoms with Crippen molar-refractivity contribution in [2.24, 2.45) is 0 Å². The zero-order valence-electron chi connectivity index (χ0n) is 9.66. The van der Waals surface area contributed by atoms with Crippen LogP contribution in [0.25, 0.3) is 0 Å². The Hall–Kier alpha value is -1.90. The largest absolute Gasteiger partial charge is 0.363 e.